The summed E-state index contributed by atoms with van der Waals surface area (Å²) in [5.74, 6) is -0.0507. The van der Waals surface area contributed by atoms with E-state index in [2.05, 4.69) is 20.6 Å². The lowest BCUT2D eigenvalue weighted by Gasteiger charge is -2.17. The van der Waals surface area contributed by atoms with Gasteiger partial charge in [-0.1, -0.05) is 18.2 Å². The van der Waals surface area contributed by atoms with Gasteiger partial charge >= 0.3 is 0 Å². The molecule has 3 heterocycles. The lowest BCUT2D eigenvalue weighted by molar-refractivity contribution is -0.123. The topological polar surface area (TPSA) is 66.9 Å². The van der Waals surface area contributed by atoms with E-state index in [0.717, 1.165) is 16.0 Å². The lowest BCUT2D eigenvalue weighted by atomic mass is 10.2. The molecule has 0 bridgehead atoms. The molecule has 0 aliphatic carbocycles. The van der Waals surface area contributed by atoms with E-state index in [9.17, 15) is 4.79 Å². The Morgan fingerprint density at radius 3 is 2.29 bits per heavy atom. The fourth-order valence-corrected chi connectivity index (χ4v) is 3.09. The number of carbonyl (C=O) groups excluding carboxylic acids is 1. The van der Waals surface area contributed by atoms with Gasteiger partial charge in [0.25, 0.3) is 0 Å². The first-order valence-electron chi connectivity index (χ1n) is 7.65. The second-order valence-corrected chi connectivity index (χ2v) is 6.25. The Kier molecular flexibility index (Phi) is 5.65. The summed E-state index contributed by atoms with van der Waals surface area (Å²) in [5.41, 5.74) is 2.02. The minimum atomic E-state index is -0.387. The summed E-state index contributed by atoms with van der Waals surface area (Å²) >= 11 is 1.56. The molecule has 0 aliphatic rings. The zero-order valence-electron chi connectivity index (χ0n) is 13.1. The molecule has 5 nitrogen and oxygen atoms in total. The molecule has 0 saturated heterocycles. The van der Waals surface area contributed by atoms with E-state index in [1.165, 1.54) is 0 Å². The van der Waals surface area contributed by atoms with Gasteiger partial charge in [-0.05, 0) is 34.7 Å². The maximum Gasteiger partial charge on any atom is 0.242 e. The number of thiophene rings is 1. The van der Waals surface area contributed by atoms with Crippen molar-refractivity contribution in [3.8, 4) is 0 Å². The fraction of sp³-hybridized carbons (Fsp3) is 0.167. The molecule has 3 aromatic rings. The van der Waals surface area contributed by atoms with E-state index in [4.69, 9.17) is 0 Å². The second kappa shape index (κ2) is 8.33. The van der Waals surface area contributed by atoms with Crippen molar-refractivity contribution in [3.05, 3.63) is 82.6 Å². The highest BCUT2D eigenvalue weighted by Gasteiger charge is 2.20. The van der Waals surface area contributed by atoms with Gasteiger partial charge < -0.3 is 5.32 Å². The molecule has 6 heteroatoms. The van der Waals surface area contributed by atoms with Crippen molar-refractivity contribution in [1.82, 2.24) is 20.6 Å². The SMILES string of the molecule is O=C(NCc1cccnc1)C(NCc1cccnc1)c1cccs1. The summed E-state index contributed by atoms with van der Waals surface area (Å²) in [6, 6.07) is 11.2. The third-order valence-corrected chi connectivity index (χ3v) is 4.45. The first kappa shape index (κ1) is 16.3. The van der Waals surface area contributed by atoms with Gasteiger partial charge in [-0.15, -0.1) is 11.3 Å². The van der Waals surface area contributed by atoms with Crippen molar-refractivity contribution in [2.24, 2.45) is 0 Å². The molecule has 1 atom stereocenters. The van der Waals surface area contributed by atoms with Crippen molar-refractivity contribution in [2.75, 3.05) is 0 Å². The Hall–Kier alpha value is -2.57. The van der Waals surface area contributed by atoms with Crippen LogP contribution in [-0.4, -0.2) is 15.9 Å². The summed E-state index contributed by atoms with van der Waals surface area (Å²) in [6.07, 6.45) is 7.01. The highest BCUT2D eigenvalue weighted by molar-refractivity contribution is 7.10. The van der Waals surface area contributed by atoms with Gasteiger partial charge in [0.05, 0.1) is 0 Å². The van der Waals surface area contributed by atoms with Crippen molar-refractivity contribution >= 4 is 17.2 Å². The second-order valence-electron chi connectivity index (χ2n) is 5.27. The summed E-state index contributed by atoms with van der Waals surface area (Å²) in [7, 11) is 0. The first-order valence-corrected chi connectivity index (χ1v) is 8.53. The number of hydrogen-bond donors (Lipinski definition) is 2. The van der Waals surface area contributed by atoms with Crippen LogP contribution in [0.5, 0.6) is 0 Å². The van der Waals surface area contributed by atoms with Crippen molar-refractivity contribution in [3.63, 3.8) is 0 Å². The number of pyridine rings is 2. The van der Waals surface area contributed by atoms with Crippen LogP contribution in [0, 0.1) is 0 Å². The molecule has 0 radical (unpaired) electrons. The quantitative estimate of drug-likeness (QED) is 0.695. The van der Waals surface area contributed by atoms with Crippen molar-refractivity contribution in [2.45, 2.75) is 19.1 Å². The molecule has 24 heavy (non-hydrogen) atoms. The maximum absolute atomic E-state index is 12.6. The van der Waals surface area contributed by atoms with Gasteiger partial charge in [0.1, 0.15) is 6.04 Å². The van der Waals surface area contributed by atoms with E-state index >= 15 is 0 Å². The fourth-order valence-electron chi connectivity index (χ4n) is 2.29. The third-order valence-electron chi connectivity index (χ3n) is 3.51. The van der Waals surface area contributed by atoms with E-state index in [1.807, 2.05) is 41.8 Å². The van der Waals surface area contributed by atoms with Crippen molar-refractivity contribution < 1.29 is 4.79 Å². The molecule has 3 rings (SSSR count). The van der Waals surface area contributed by atoms with Gasteiger partial charge in [-0.25, -0.2) is 0 Å². The third kappa shape index (κ3) is 4.47. The van der Waals surface area contributed by atoms with E-state index in [1.54, 1.807) is 36.1 Å². The number of aromatic nitrogens is 2. The molecule has 0 aromatic carbocycles. The van der Waals surface area contributed by atoms with Crippen LogP contribution in [0.1, 0.15) is 22.0 Å². The van der Waals surface area contributed by atoms with Crippen LogP contribution in [0.2, 0.25) is 0 Å². The monoisotopic (exact) mass is 338 g/mol. The normalized spacial score (nSPS) is 11.8. The molecular weight excluding hydrogens is 320 g/mol. The zero-order chi connectivity index (χ0) is 16.6. The number of rotatable bonds is 7. The van der Waals surface area contributed by atoms with Crippen LogP contribution in [0.3, 0.4) is 0 Å². The van der Waals surface area contributed by atoms with Gasteiger partial charge in [0, 0.05) is 42.8 Å². The summed E-state index contributed by atoms with van der Waals surface area (Å²) in [5, 5.41) is 8.27. The highest BCUT2D eigenvalue weighted by atomic mass is 32.1. The molecule has 2 N–H and O–H groups in total. The number of carbonyl (C=O) groups is 1. The molecule has 1 unspecified atom stereocenters. The predicted molar refractivity (Wildman–Crippen MR) is 94.2 cm³/mol. The Morgan fingerprint density at radius 1 is 1.00 bits per heavy atom. The van der Waals surface area contributed by atoms with E-state index in [-0.39, 0.29) is 11.9 Å². The Balaban J connectivity index is 1.64. The average molecular weight is 338 g/mol. The number of nitrogens with one attached hydrogen (secondary N) is 2. The van der Waals surface area contributed by atoms with E-state index < -0.39 is 0 Å². The largest absolute Gasteiger partial charge is 0.350 e. The number of nitrogens with zero attached hydrogens (tertiary/aromatic N) is 2. The van der Waals surface area contributed by atoms with Crippen LogP contribution in [0.15, 0.2) is 66.6 Å². The Bertz CT molecular complexity index is 747. The minimum absolute atomic E-state index is 0.0507. The molecule has 3 aromatic heterocycles. The summed E-state index contributed by atoms with van der Waals surface area (Å²) in [4.78, 5) is 21.8. The van der Waals surface area contributed by atoms with Gasteiger partial charge in [-0.2, -0.15) is 0 Å². The molecule has 0 aliphatic heterocycles. The smallest absolute Gasteiger partial charge is 0.242 e. The van der Waals surface area contributed by atoms with Crippen molar-refractivity contribution in [1.29, 1.82) is 0 Å². The standard InChI is InChI=1S/C18H18N4OS/c23-18(22-13-15-5-2-8-20-11-15)17(16-6-3-9-24-16)21-12-14-4-1-7-19-10-14/h1-11,17,21H,12-13H2,(H,22,23). The summed E-state index contributed by atoms with van der Waals surface area (Å²) < 4.78 is 0. The minimum Gasteiger partial charge on any atom is -0.350 e. The van der Waals surface area contributed by atoms with Crippen LogP contribution in [-0.2, 0) is 17.9 Å². The summed E-state index contributed by atoms with van der Waals surface area (Å²) in [6.45, 7) is 1.04. The van der Waals surface area contributed by atoms with Crippen LogP contribution < -0.4 is 10.6 Å². The lowest BCUT2D eigenvalue weighted by Crippen LogP contribution is -2.36. The molecule has 0 fully saturated rings. The highest BCUT2D eigenvalue weighted by Crippen LogP contribution is 2.20. The van der Waals surface area contributed by atoms with Gasteiger partial charge in [0.2, 0.25) is 5.91 Å². The van der Waals surface area contributed by atoms with Gasteiger partial charge in [0.15, 0.2) is 0 Å². The molecule has 0 spiro atoms. The number of amides is 1. The first-order chi connectivity index (χ1) is 11.8. The Morgan fingerprint density at radius 2 is 1.71 bits per heavy atom. The van der Waals surface area contributed by atoms with Crippen LogP contribution >= 0.6 is 11.3 Å². The van der Waals surface area contributed by atoms with Crippen LogP contribution in [0.4, 0.5) is 0 Å². The number of hydrogen-bond acceptors (Lipinski definition) is 5. The zero-order valence-corrected chi connectivity index (χ0v) is 13.9. The van der Waals surface area contributed by atoms with E-state index in [0.29, 0.717) is 13.1 Å². The molecular formula is C18H18N4OS. The maximum atomic E-state index is 12.6. The average Bonchev–Trinajstić information content (AvgIpc) is 3.16. The predicted octanol–water partition coefficient (Wildman–Crippen LogP) is 2.69. The van der Waals surface area contributed by atoms with Gasteiger partial charge in [-0.3, -0.25) is 20.1 Å². The molecule has 1 amide bonds. The molecule has 122 valence electrons. The van der Waals surface area contributed by atoms with Crippen LogP contribution in [0.25, 0.3) is 0 Å². The Labute approximate surface area is 144 Å². The molecule has 0 saturated carbocycles.